The van der Waals surface area contributed by atoms with Crippen molar-refractivity contribution in [2.24, 2.45) is 0 Å². The maximum absolute atomic E-state index is 12.2. The van der Waals surface area contributed by atoms with Crippen LogP contribution in [0.1, 0.15) is 22.5 Å². The molecule has 0 aliphatic carbocycles. The number of pyridine rings is 1. The van der Waals surface area contributed by atoms with E-state index >= 15 is 0 Å². The number of fused-ring (bicyclic) bond motifs is 1. The second kappa shape index (κ2) is 8.77. The monoisotopic (exact) mass is 365 g/mol. The van der Waals surface area contributed by atoms with Gasteiger partial charge in [-0.3, -0.25) is 14.8 Å². The van der Waals surface area contributed by atoms with Crippen molar-refractivity contribution < 1.29 is 19.5 Å². The standard InChI is InChI=1S/C20H19N3O4/c24-18(23-26)11-12-21-20(25)16-10-9-15-7-4-8-17(19(15)22-16)27-13-14-5-2-1-3-6-14/h1-10,26H,11-13H2,(H,21,25)(H,23,24). The molecule has 0 atom stereocenters. The number of nitrogens with one attached hydrogen (secondary N) is 2. The topological polar surface area (TPSA) is 101 Å². The Morgan fingerprint density at radius 1 is 1.00 bits per heavy atom. The van der Waals surface area contributed by atoms with Crippen LogP contribution in [0.4, 0.5) is 0 Å². The first-order valence-corrected chi connectivity index (χ1v) is 8.45. The third kappa shape index (κ3) is 4.80. The van der Waals surface area contributed by atoms with Crippen LogP contribution < -0.4 is 15.5 Å². The number of carbonyl (C=O) groups excluding carboxylic acids is 2. The molecule has 3 aromatic rings. The molecule has 2 amide bonds. The van der Waals surface area contributed by atoms with Crippen LogP contribution in [0.3, 0.4) is 0 Å². The predicted molar refractivity (Wildman–Crippen MR) is 99.4 cm³/mol. The maximum Gasteiger partial charge on any atom is 0.269 e. The number of hydroxylamine groups is 1. The summed E-state index contributed by atoms with van der Waals surface area (Å²) >= 11 is 0. The molecule has 3 rings (SSSR count). The average Bonchev–Trinajstić information content (AvgIpc) is 2.72. The van der Waals surface area contributed by atoms with Crippen LogP contribution >= 0.6 is 0 Å². The Kier molecular flexibility index (Phi) is 5.96. The zero-order valence-corrected chi connectivity index (χ0v) is 14.5. The zero-order chi connectivity index (χ0) is 19.1. The lowest BCUT2D eigenvalue weighted by Gasteiger charge is -2.10. The van der Waals surface area contributed by atoms with E-state index < -0.39 is 11.8 Å². The van der Waals surface area contributed by atoms with Crippen LogP contribution in [0.15, 0.2) is 60.7 Å². The highest BCUT2D eigenvalue weighted by Gasteiger charge is 2.11. The number of aromatic nitrogens is 1. The number of para-hydroxylation sites is 1. The van der Waals surface area contributed by atoms with Gasteiger partial charge in [0, 0.05) is 18.4 Å². The van der Waals surface area contributed by atoms with Gasteiger partial charge < -0.3 is 10.1 Å². The van der Waals surface area contributed by atoms with Gasteiger partial charge in [0.05, 0.1) is 0 Å². The number of hydrogen-bond acceptors (Lipinski definition) is 5. The molecule has 0 saturated heterocycles. The van der Waals surface area contributed by atoms with Gasteiger partial charge in [-0.1, -0.05) is 48.5 Å². The van der Waals surface area contributed by atoms with Crippen LogP contribution in [0, 0.1) is 0 Å². The molecule has 0 fully saturated rings. The average molecular weight is 365 g/mol. The molecular weight excluding hydrogens is 346 g/mol. The van der Waals surface area contributed by atoms with E-state index in [4.69, 9.17) is 9.94 Å². The van der Waals surface area contributed by atoms with Crippen molar-refractivity contribution in [2.75, 3.05) is 6.54 Å². The van der Waals surface area contributed by atoms with Gasteiger partial charge in [-0.05, 0) is 17.7 Å². The summed E-state index contributed by atoms with van der Waals surface area (Å²) in [6.07, 6.45) is -0.0265. The highest BCUT2D eigenvalue weighted by atomic mass is 16.5. The Bertz CT molecular complexity index is 944. The fraction of sp³-hybridized carbons (Fsp3) is 0.150. The molecule has 0 unspecified atom stereocenters. The van der Waals surface area contributed by atoms with E-state index in [1.165, 1.54) is 5.48 Å². The summed E-state index contributed by atoms with van der Waals surface area (Å²) < 4.78 is 5.89. The van der Waals surface area contributed by atoms with E-state index in [2.05, 4.69) is 10.3 Å². The number of amides is 2. The van der Waals surface area contributed by atoms with Crippen molar-refractivity contribution in [1.29, 1.82) is 0 Å². The summed E-state index contributed by atoms with van der Waals surface area (Å²) in [5.41, 5.74) is 3.36. The number of rotatable bonds is 7. The summed E-state index contributed by atoms with van der Waals surface area (Å²) in [5, 5.41) is 11.9. The van der Waals surface area contributed by atoms with Crippen LogP contribution in [0.25, 0.3) is 10.9 Å². The van der Waals surface area contributed by atoms with Crippen molar-refractivity contribution in [1.82, 2.24) is 15.8 Å². The molecule has 2 aromatic carbocycles. The number of benzene rings is 2. The molecule has 27 heavy (non-hydrogen) atoms. The van der Waals surface area contributed by atoms with Gasteiger partial charge in [-0.15, -0.1) is 0 Å². The SMILES string of the molecule is O=C(CCNC(=O)c1ccc2cccc(OCc3ccccc3)c2n1)NO. The Labute approximate surface area is 155 Å². The predicted octanol–water partition coefficient (Wildman–Crippen LogP) is 2.44. The fourth-order valence-corrected chi connectivity index (χ4v) is 2.53. The van der Waals surface area contributed by atoms with Gasteiger partial charge in [-0.25, -0.2) is 10.5 Å². The van der Waals surface area contributed by atoms with Crippen LogP contribution in [-0.4, -0.2) is 28.6 Å². The third-order valence-electron chi connectivity index (χ3n) is 3.92. The molecular formula is C20H19N3O4. The van der Waals surface area contributed by atoms with Crippen LogP contribution in [0.5, 0.6) is 5.75 Å². The van der Waals surface area contributed by atoms with Crippen LogP contribution in [-0.2, 0) is 11.4 Å². The summed E-state index contributed by atoms with van der Waals surface area (Å²) in [4.78, 5) is 27.7. The minimum Gasteiger partial charge on any atom is -0.487 e. The number of carbonyl (C=O) groups is 2. The second-order valence-electron chi connectivity index (χ2n) is 5.84. The fourth-order valence-electron chi connectivity index (χ4n) is 2.53. The molecule has 0 bridgehead atoms. The zero-order valence-electron chi connectivity index (χ0n) is 14.5. The Balaban J connectivity index is 1.75. The highest BCUT2D eigenvalue weighted by molar-refractivity contribution is 5.96. The first-order chi connectivity index (χ1) is 13.2. The number of nitrogens with zero attached hydrogens (tertiary/aromatic N) is 1. The van der Waals surface area contributed by atoms with E-state index in [-0.39, 0.29) is 18.7 Å². The quantitative estimate of drug-likeness (QED) is 0.441. The molecule has 0 aliphatic rings. The minimum absolute atomic E-state index is 0.0265. The summed E-state index contributed by atoms with van der Waals surface area (Å²) in [7, 11) is 0. The highest BCUT2D eigenvalue weighted by Crippen LogP contribution is 2.25. The number of hydrogen-bond donors (Lipinski definition) is 3. The maximum atomic E-state index is 12.2. The largest absolute Gasteiger partial charge is 0.487 e. The molecule has 7 heteroatoms. The van der Waals surface area contributed by atoms with Gasteiger partial charge >= 0.3 is 0 Å². The lowest BCUT2D eigenvalue weighted by atomic mass is 10.2. The van der Waals surface area contributed by atoms with Crippen molar-refractivity contribution in [2.45, 2.75) is 13.0 Å². The third-order valence-corrected chi connectivity index (χ3v) is 3.92. The van der Waals surface area contributed by atoms with E-state index in [9.17, 15) is 9.59 Å². The van der Waals surface area contributed by atoms with Gasteiger partial charge in [0.2, 0.25) is 5.91 Å². The molecule has 1 aromatic heterocycles. The second-order valence-corrected chi connectivity index (χ2v) is 5.84. The van der Waals surface area contributed by atoms with Crippen molar-refractivity contribution in [3.63, 3.8) is 0 Å². The van der Waals surface area contributed by atoms with E-state index in [0.29, 0.717) is 17.9 Å². The van der Waals surface area contributed by atoms with E-state index in [1.807, 2.05) is 48.5 Å². The summed E-state index contributed by atoms with van der Waals surface area (Å²) in [5.74, 6) is -0.385. The molecule has 7 nitrogen and oxygen atoms in total. The normalized spacial score (nSPS) is 10.4. The lowest BCUT2D eigenvalue weighted by molar-refractivity contribution is -0.129. The first-order valence-electron chi connectivity index (χ1n) is 8.45. The number of ether oxygens (including phenoxy) is 1. The van der Waals surface area contributed by atoms with E-state index in [1.54, 1.807) is 12.1 Å². The molecule has 3 N–H and O–H groups in total. The molecule has 138 valence electrons. The summed E-state index contributed by atoms with van der Waals surface area (Å²) in [6, 6.07) is 18.8. The van der Waals surface area contributed by atoms with E-state index in [0.717, 1.165) is 10.9 Å². The molecule has 1 heterocycles. The molecule has 0 spiro atoms. The van der Waals surface area contributed by atoms with Crippen molar-refractivity contribution in [3.8, 4) is 5.75 Å². The Morgan fingerprint density at radius 2 is 1.81 bits per heavy atom. The minimum atomic E-state index is -0.571. The van der Waals surface area contributed by atoms with Gasteiger partial charge in [0.25, 0.3) is 5.91 Å². The van der Waals surface area contributed by atoms with Gasteiger partial charge in [0.15, 0.2) is 0 Å². The molecule has 0 saturated carbocycles. The first kappa shape index (κ1) is 18.3. The van der Waals surface area contributed by atoms with Crippen molar-refractivity contribution >= 4 is 22.7 Å². The Hall–Kier alpha value is -3.45. The molecule has 0 radical (unpaired) electrons. The summed E-state index contributed by atoms with van der Waals surface area (Å²) in [6.45, 7) is 0.491. The van der Waals surface area contributed by atoms with Gasteiger partial charge in [-0.2, -0.15) is 0 Å². The lowest BCUT2D eigenvalue weighted by Crippen LogP contribution is -2.29. The Morgan fingerprint density at radius 3 is 2.59 bits per heavy atom. The van der Waals surface area contributed by atoms with Crippen LogP contribution in [0.2, 0.25) is 0 Å². The smallest absolute Gasteiger partial charge is 0.269 e. The van der Waals surface area contributed by atoms with Crippen molar-refractivity contribution in [3.05, 3.63) is 71.9 Å². The van der Waals surface area contributed by atoms with Gasteiger partial charge in [0.1, 0.15) is 23.6 Å². The molecule has 0 aliphatic heterocycles.